The lowest BCUT2D eigenvalue weighted by atomic mass is 10.1. The minimum Gasteiger partial charge on any atom is -0.384 e. The van der Waals surface area contributed by atoms with Crippen LogP contribution in [0.3, 0.4) is 0 Å². The van der Waals surface area contributed by atoms with Crippen LogP contribution in [0.15, 0.2) is 42.5 Å². The third-order valence-corrected chi connectivity index (χ3v) is 2.62. The van der Waals surface area contributed by atoms with E-state index >= 15 is 0 Å². The Morgan fingerprint density at radius 1 is 1.14 bits per heavy atom. The van der Waals surface area contributed by atoms with Gasteiger partial charge in [0.2, 0.25) is 0 Å². The van der Waals surface area contributed by atoms with E-state index in [0.29, 0.717) is 11.3 Å². The Morgan fingerprint density at radius 3 is 2.52 bits per heavy atom. The van der Waals surface area contributed by atoms with E-state index in [2.05, 4.69) is 17.2 Å². The highest BCUT2D eigenvalue weighted by molar-refractivity contribution is 6.04. The van der Waals surface area contributed by atoms with E-state index < -0.39 is 17.5 Å². The molecule has 2 aromatic rings. The van der Waals surface area contributed by atoms with Crippen LogP contribution in [0.2, 0.25) is 0 Å². The third-order valence-electron chi connectivity index (χ3n) is 2.62. The second-order valence-corrected chi connectivity index (χ2v) is 4.12. The number of carbonyl (C=O) groups excluding carboxylic acids is 1. The molecule has 0 aliphatic heterocycles. The van der Waals surface area contributed by atoms with Crippen molar-refractivity contribution in [1.29, 1.82) is 0 Å². The molecule has 0 unspecified atom stereocenters. The molecule has 0 heterocycles. The molecule has 1 amide bonds. The number of halogens is 2. The zero-order valence-corrected chi connectivity index (χ0v) is 10.9. The van der Waals surface area contributed by atoms with Gasteiger partial charge < -0.3 is 10.4 Å². The Morgan fingerprint density at radius 2 is 1.86 bits per heavy atom. The minimum absolute atomic E-state index is 0.177. The largest absolute Gasteiger partial charge is 0.384 e. The summed E-state index contributed by atoms with van der Waals surface area (Å²) >= 11 is 0. The molecule has 3 nitrogen and oxygen atoms in total. The van der Waals surface area contributed by atoms with Crippen LogP contribution in [0, 0.1) is 23.5 Å². The van der Waals surface area contributed by atoms with Crippen LogP contribution >= 0.6 is 0 Å². The zero-order valence-electron chi connectivity index (χ0n) is 10.9. The smallest absolute Gasteiger partial charge is 0.258 e. The lowest BCUT2D eigenvalue weighted by molar-refractivity contribution is 0.102. The number of amides is 1. The monoisotopic (exact) mass is 287 g/mol. The molecule has 0 saturated heterocycles. The summed E-state index contributed by atoms with van der Waals surface area (Å²) in [5.41, 5.74) is 0.589. The van der Waals surface area contributed by atoms with Crippen molar-refractivity contribution in [3.63, 3.8) is 0 Å². The molecular formula is C16H11F2NO2. The molecule has 2 aromatic carbocycles. The third kappa shape index (κ3) is 3.88. The van der Waals surface area contributed by atoms with E-state index in [1.807, 2.05) is 0 Å². The maximum Gasteiger partial charge on any atom is 0.258 e. The van der Waals surface area contributed by atoms with Gasteiger partial charge in [0.25, 0.3) is 5.91 Å². The molecule has 2 rings (SSSR count). The Labute approximate surface area is 120 Å². The number of rotatable bonds is 2. The summed E-state index contributed by atoms with van der Waals surface area (Å²) in [5, 5.41) is 11.1. The van der Waals surface area contributed by atoms with Crippen molar-refractivity contribution in [1.82, 2.24) is 0 Å². The number of nitrogens with one attached hydrogen (secondary N) is 1. The average Bonchev–Trinajstić information content (AvgIpc) is 2.48. The second-order valence-electron chi connectivity index (χ2n) is 4.12. The SMILES string of the molecule is O=C(Nc1ccc(F)cc1)c1cc(C#CCO)ccc1F. The Bertz CT molecular complexity index is 715. The van der Waals surface area contributed by atoms with Crippen LogP contribution in [0.1, 0.15) is 15.9 Å². The highest BCUT2D eigenvalue weighted by Gasteiger charge is 2.12. The minimum atomic E-state index is -0.691. The number of benzene rings is 2. The molecule has 0 radical (unpaired) electrons. The van der Waals surface area contributed by atoms with Gasteiger partial charge in [-0.25, -0.2) is 8.78 Å². The molecule has 0 atom stereocenters. The van der Waals surface area contributed by atoms with Gasteiger partial charge in [-0.2, -0.15) is 0 Å². The van der Waals surface area contributed by atoms with Gasteiger partial charge in [0.05, 0.1) is 5.56 Å². The van der Waals surface area contributed by atoms with Crippen molar-refractivity contribution in [2.75, 3.05) is 11.9 Å². The van der Waals surface area contributed by atoms with Crippen molar-refractivity contribution in [3.8, 4) is 11.8 Å². The van der Waals surface area contributed by atoms with Gasteiger partial charge >= 0.3 is 0 Å². The molecule has 0 aliphatic rings. The normalized spacial score (nSPS) is 9.67. The fourth-order valence-corrected chi connectivity index (χ4v) is 1.65. The molecule has 0 bridgehead atoms. The first-order chi connectivity index (χ1) is 10.1. The van der Waals surface area contributed by atoms with Gasteiger partial charge in [-0.05, 0) is 42.5 Å². The van der Waals surface area contributed by atoms with E-state index in [9.17, 15) is 13.6 Å². The number of carbonyl (C=O) groups is 1. The van der Waals surface area contributed by atoms with Crippen molar-refractivity contribution >= 4 is 11.6 Å². The van der Waals surface area contributed by atoms with Crippen LogP contribution in [0.5, 0.6) is 0 Å². The molecule has 0 saturated carbocycles. The van der Waals surface area contributed by atoms with Gasteiger partial charge in [-0.1, -0.05) is 11.8 Å². The van der Waals surface area contributed by atoms with Crippen LogP contribution in [-0.4, -0.2) is 17.6 Å². The highest BCUT2D eigenvalue weighted by Crippen LogP contribution is 2.14. The predicted octanol–water partition coefficient (Wildman–Crippen LogP) is 2.56. The maximum atomic E-state index is 13.7. The molecule has 2 N–H and O–H groups in total. The van der Waals surface area contributed by atoms with Crippen LogP contribution in [0.4, 0.5) is 14.5 Å². The van der Waals surface area contributed by atoms with Gasteiger partial charge in [0.1, 0.15) is 18.2 Å². The van der Waals surface area contributed by atoms with Crippen LogP contribution in [-0.2, 0) is 0 Å². The number of anilines is 1. The topological polar surface area (TPSA) is 49.3 Å². The quantitative estimate of drug-likeness (QED) is 0.834. The van der Waals surface area contributed by atoms with E-state index in [1.165, 1.54) is 36.4 Å². The van der Waals surface area contributed by atoms with Crippen LogP contribution in [0.25, 0.3) is 0 Å². The first kappa shape index (κ1) is 14.7. The molecule has 0 aromatic heterocycles. The molecule has 0 fully saturated rings. The summed E-state index contributed by atoms with van der Waals surface area (Å²) in [6.07, 6.45) is 0. The number of aliphatic hydroxyl groups excluding tert-OH is 1. The van der Waals surface area contributed by atoms with E-state index in [-0.39, 0.29) is 12.2 Å². The molecule has 106 valence electrons. The van der Waals surface area contributed by atoms with Crippen molar-refractivity contribution in [2.45, 2.75) is 0 Å². The van der Waals surface area contributed by atoms with Crippen molar-refractivity contribution in [2.24, 2.45) is 0 Å². The number of hydrogen-bond acceptors (Lipinski definition) is 2. The summed E-state index contributed by atoms with van der Waals surface area (Å²) in [4.78, 5) is 12.0. The second kappa shape index (κ2) is 6.64. The molecule has 21 heavy (non-hydrogen) atoms. The number of aliphatic hydroxyl groups is 1. The highest BCUT2D eigenvalue weighted by atomic mass is 19.1. The summed E-state index contributed by atoms with van der Waals surface area (Å²) in [6.45, 7) is -0.325. The lowest BCUT2D eigenvalue weighted by Crippen LogP contribution is -2.14. The molecular weight excluding hydrogens is 276 g/mol. The van der Waals surface area contributed by atoms with E-state index in [4.69, 9.17) is 5.11 Å². The predicted molar refractivity (Wildman–Crippen MR) is 74.7 cm³/mol. The van der Waals surface area contributed by atoms with Gasteiger partial charge in [0, 0.05) is 11.3 Å². The van der Waals surface area contributed by atoms with E-state index in [1.54, 1.807) is 0 Å². The average molecular weight is 287 g/mol. The summed E-state index contributed by atoms with van der Waals surface area (Å²) in [5.74, 6) is 3.23. The Balaban J connectivity index is 2.23. The van der Waals surface area contributed by atoms with Gasteiger partial charge in [-0.15, -0.1) is 0 Å². The maximum absolute atomic E-state index is 13.7. The number of hydrogen-bond donors (Lipinski definition) is 2. The van der Waals surface area contributed by atoms with Crippen molar-refractivity contribution < 1.29 is 18.7 Å². The standard InChI is InChI=1S/C16H11F2NO2/c17-12-4-6-13(7-5-12)19-16(21)14-10-11(2-1-9-20)3-8-15(14)18/h3-8,10,20H,9H2,(H,19,21). The zero-order chi connectivity index (χ0) is 15.2. The van der Waals surface area contributed by atoms with Gasteiger partial charge in [0.15, 0.2) is 0 Å². The Hall–Kier alpha value is -2.71. The first-order valence-electron chi connectivity index (χ1n) is 6.06. The summed E-state index contributed by atoms with van der Waals surface area (Å²) in [7, 11) is 0. The summed E-state index contributed by atoms with van der Waals surface area (Å²) in [6, 6.07) is 8.95. The van der Waals surface area contributed by atoms with Crippen molar-refractivity contribution in [3.05, 3.63) is 65.2 Å². The van der Waals surface area contributed by atoms with E-state index in [0.717, 1.165) is 6.07 Å². The Kier molecular flexibility index (Phi) is 4.64. The van der Waals surface area contributed by atoms with Gasteiger partial charge in [-0.3, -0.25) is 4.79 Å². The van der Waals surface area contributed by atoms with Crippen LogP contribution < -0.4 is 5.32 Å². The molecule has 5 heteroatoms. The first-order valence-corrected chi connectivity index (χ1v) is 6.06. The molecule has 0 aliphatic carbocycles. The fourth-order valence-electron chi connectivity index (χ4n) is 1.65. The summed E-state index contributed by atoms with van der Waals surface area (Å²) < 4.78 is 26.5. The molecule has 0 spiro atoms. The fraction of sp³-hybridized carbons (Fsp3) is 0.0625. The lowest BCUT2D eigenvalue weighted by Gasteiger charge is -2.06.